The molecule has 16 heavy (non-hydrogen) atoms. The standard InChI is InChI=1S/C13H15NO2/c1-3-8-16-11-6-4-9(2)13-10(11)5-7-12(15)14-13/h3-4,6H,1,5,7-8H2,2H3,(H,14,15). The molecule has 0 radical (unpaired) electrons. The fourth-order valence-electron chi connectivity index (χ4n) is 1.89. The summed E-state index contributed by atoms with van der Waals surface area (Å²) in [6, 6.07) is 3.91. The molecule has 0 aliphatic carbocycles. The number of anilines is 1. The van der Waals surface area contributed by atoms with Crippen molar-refractivity contribution in [3.63, 3.8) is 0 Å². The predicted octanol–water partition coefficient (Wildman–Crippen LogP) is 2.44. The van der Waals surface area contributed by atoms with Crippen LogP contribution in [0, 0.1) is 6.92 Å². The number of hydrogen-bond donors (Lipinski definition) is 1. The van der Waals surface area contributed by atoms with Crippen molar-refractivity contribution in [2.45, 2.75) is 19.8 Å². The zero-order valence-corrected chi connectivity index (χ0v) is 9.38. The van der Waals surface area contributed by atoms with E-state index in [1.54, 1.807) is 6.08 Å². The van der Waals surface area contributed by atoms with Crippen LogP contribution in [0.3, 0.4) is 0 Å². The van der Waals surface area contributed by atoms with Crippen LogP contribution in [0.15, 0.2) is 24.8 Å². The Morgan fingerprint density at radius 1 is 1.50 bits per heavy atom. The smallest absolute Gasteiger partial charge is 0.224 e. The lowest BCUT2D eigenvalue weighted by molar-refractivity contribution is -0.116. The molecule has 1 aromatic rings. The van der Waals surface area contributed by atoms with E-state index >= 15 is 0 Å². The third-order valence-corrected chi connectivity index (χ3v) is 2.70. The summed E-state index contributed by atoms with van der Waals surface area (Å²) in [6.45, 7) is 6.10. The Balaban J connectivity index is 2.38. The topological polar surface area (TPSA) is 38.3 Å². The minimum atomic E-state index is 0.0801. The number of fused-ring (bicyclic) bond motifs is 1. The van der Waals surface area contributed by atoms with E-state index in [9.17, 15) is 4.79 Å². The van der Waals surface area contributed by atoms with Gasteiger partial charge in [0.05, 0.1) is 5.69 Å². The number of amides is 1. The number of ether oxygens (including phenoxy) is 1. The highest BCUT2D eigenvalue weighted by Gasteiger charge is 2.20. The van der Waals surface area contributed by atoms with Crippen molar-refractivity contribution >= 4 is 11.6 Å². The van der Waals surface area contributed by atoms with Gasteiger partial charge in [0.15, 0.2) is 0 Å². The number of rotatable bonds is 3. The van der Waals surface area contributed by atoms with Gasteiger partial charge in [-0.25, -0.2) is 0 Å². The molecule has 1 N–H and O–H groups in total. The summed E-state index contributed by atoms with van der Waals surface area (Å²) < 4.78 is 5.57. The Kier molecular flexibility index (Phi) is 2.95. The summed E-state index contributed by atoms with van der Waals surface area (Å²) in [7, 11) is 0. The first-order valence-electron chi connectivity index (χ1n) is 5.38. The maximum absolute atomic E-state index is 11.3. The van der Waals surface area contributed by atoms with Crippen LogP contribution in [0.5, 0.6) is 5.75 Å². The first-order valence-corrected chi connectivity index (χ1v) is 5.38. The highest BCUT2D eigenvalue weighted by Crippen LogP contribution is 2.33. The van der Waals surface area contributed by atoms with Crippen LogP contribution in [0.2, 0.25) is 0 Å². The van der Waals surface area contributed by atoms with Crippen molar-refractivity contribution in [1.29, 1.82) is 0 Å². The fourth-order valence-corrected chi connectivity index (χ4v) is 1.89. The number of benzene rings is 1. The van der Waals surface area contributed by atoms with Crippen LogP contribution in [0.4, 0.5) is 5.69 Å². The van der Waals surface area contributed by atoms with Crippen molar-refractivity contribution < 1.29 is 9.53 Å². The van der Waals surface area contributed by atoms with Crippen LogP contribution >= 0.6 is 0 Å². The minimum absolute atomic E-state index is 0.0801. The number of carbonyl (C=O) groups is 1. The molecule has 3 heteroatoms. The highest BCUT2D eigenvalue weighted by molar-refractivity contribution is 5.95. The summed E-state index contributed by atoms with van der Waals surface area (Å²) in [6.07, 6.45) is 2.99. The normalized spacial score (nSPS) is 13.9. The molecule has 1 aliphatic heterocycles. The Morgan fingerprint density at radius 3 is 3.06 bits per heavy atom. The Hall–Kier alpha value is -1.77. The van der Waals surface area contributed by atoms with E-state index in [0.29, 0.717) is 13.0 Å². The molecule has 0 atom stereocenters. The van der Waals surface area contributed by atoms with E-state index in [4.69, 9.17) is 4.74 Å². The minimum Gasteiger partial charge on any atom is -0.489 e. The first kappa shape index (κ1) is 10.7. The van der Waals surface area contributed by atoms with Gasteiger partial charge in [0.2, 0.25) is 5.91 Å². The Bertz CT molecular complexity index is 438. The summed E-state index contributed by atoms with van der Waals surface area (Å²) >= 11 is 0. The molecule has 0 fully saturated rings. The van der Waals surface area contributed by atoms with Gasteiger partial charge in [-0.2, -0.15) is 0 Å². The second kappa shape index (κ2) is 4.39. The molecule has 3 nitrogen and oxygen atoms in total. The number of hydrogen-bond acceptors (Lipinski definition) is 2. The maximum atomic E-state index is 11.3. The lowest BCUT2D eigenvalue weighted by Crippen LogP contribution is -2.20. The van der Waals surface area contributed by atoms with Crippen molar-refractivity contribution in [2.75, 3.05) is 11.9 Å². The summed E-state index contributed by atoms with van der Waals surface area (Å²) in [4.78, 5) is 11.3. The molecule has 1 amide bonds. The third-order valence-electron chi connectivity index (χ3n) is 2.70. The molecule has 2 rings (SSSR count). The second-order valence-corrected chi connectivity index (χ2v) is 3.88. The predicted molar refractivity (Wildman–Crippen MR) is 63.8 cm³/mol. The molecule has 0 unspecified atom stereocenters. The molecule has 1 aromatic carbocycles. The monoisotopic (exact) mass is 217 g/mol. The third kappa shape index (κ3) is 1.94. The van der Waals surface area contributed by atoms with Crippen LogP contribution in [-0.4, -0.2) is 12.5 Å². The van der Waals surface area contributed by atoms with Gasteiger partial charge in [0.1, 0.15) is 12.4 Å². The van der Waals surface area contributed by atoms with E-state index in [2.05, 4.69) is 11.9 Å². The van der Waals surface area contributed by atoms with E-state index < -0.39 is 0 Å². The molecule has 84 valence electrons. The van der Waals surface area contributed by atoms with E-state index in [0.717, 1.165) is 29.0 Å². The molecule has 0 saturated heterocycles. The van der Waals surface area contributed by atoms with Gasteiger partial charge in [0.25, 0.3) is 0 Å². The van der Waals surface area contributed by atoms with E-state index in [1.165, 1.54) is 0 Å². The number of carbonyl (C=O) groups excluding carboxylic acids is 1. The summed E-state index contributed by atoms with van der Waals surface area (Å²) in [5.41, 5.74) is 3.09. The molecule has 0 aromatic heterocycles. The van der Waals surface area contributed by atoms with Crippen molar-refractivity contribution in [3.8, 4) is 5.75 Å². The Labute approximate surface area is 95.1 Å². The van der Waals surface area contributed by atoms with Crippen LogP contribution in [0.25, 0.3) is 0 Å². The molecular formula is C13H15NO2. The maximum Gasteiger partial charge on any atom is 0.224 e. The zero-order valence-electron chi connectivity index (χ0n) is 9.38. The van der Waals surface area contributed by atoms with Gasteiger partial charge >= 0.3 is 0 Å². The van der Waals surface area contributed by atoms with E-state index in [-0.39, 0.29) is 5.91 Å². The van der Waals surface area contributed by atoms with Gasteiger partial charge in [-0.1, -0.05) is 18.7 Å². The molecule has 1 aliphatic rings. The van der Waals surface area contributed by atoms with Crippen molar-refractivity contribution in [1.82, 2.24) is 0 Å². The highest BCUT2D eigenvalue weighted by atomic mass is 16.5. The van der Waals surface area contributed by atoms with Gasteiger partial charge in [-0.05, 0) is 25.0 Å². The Morgan fingerprint density at radius 2 is 2.31 bits per heavy atom. The second-order valence-electron chi connectivity index (χ2n) is 3.88. The van der Waals surface area contributed by atoms with Gasteiger partial charge in [-0.3, -0.25) is 4.79 Å². The van der Waals surface area contributed by atoms with Gasteiger partial charge in [0, 0.05) is 12.0 Å². The molecule has 0 spiro atoms. The first-order chi connectivity index (χ1) is 7.72. The summed E-state index contributed by atoms with van der Waals surface area (Å²) in [5.74, 6) is 0.928. The van der Waals surface area contributed by atoms with Gasteiger partial charge in [-0.15, -0.1) is 0 Å². The van der Waals surface area contributed by atoms with Crippen LogP contribution in [0.1, 0.15) is 17.5 Å². The SMILES string of the molecule is C=CCOc1ccc(C)c2c1CCC(=O)N2. The molecule has 0 bridgehead atoms. The average molecular weight is 217 g/mol. The van der Waals surface area contributed by atoms with E-state index in [1.807, 2.05) is 19.1 Å². The molecule has 1 heterocycles. The average Bonchev–Trinajstić information content (AvgIpc) is 2.29. The quantitative estimate of drug-likeness (QED) is 0.790. The molecular weight excluding hydrogens is 202 g/mol. The van der Waals surface area contributed by atoms with Crippen molar-refractivity contribution in [3.05, 3.63) is 35.9 Å². The number of aryl methyl sites for hydroxylation is 1. The number of nitrogens with one attached hydrogen (secondary N) is 1. The van der Waals surface area contributed by atoms with Crippen LogP contribution < -0.4 is 10.1 Å². The fraction of sp³-hybridized carbons (Fsp3) is 0.308. The van der Waals surface area contributed by atoms with Crippen molar-refractivity contribution in [2.24, 2.45) is 0 Å². The molecule has 0 saturated carbocycles. The van der Waals surface area contributed by atoms with Crippen LogP contribution in [-0.2, 0) is 11.2 Å². The lowest BCUT2D eigenvalue weighted by Gasteiger charge is -2.21. The largest absolute Gasteiger partial charge is 0.489 e. The summed E-state index contributed by atoms with van der Waals surface area (Å²) in [5, 5.41) is 2.90. The lowest BCUT2D eigenvalue weighted by atomic mass is 9.98. The zero-order chi connectivity index (χ0) is 11.5. The van der Waals surface area contributed by atoms with Gasteiger partial charge < -0.3 is 10.1 Å².